The van der Waals surface area contributed by atoms with Gasteiger partial charge in [0.1, 0.15) is 0 Å². The number of rotatable bonds is 1. The highest BCUT2D eigenvalue weighted by molar-refractivity contribution is 5.47. The van der Waals surface area contributed by atoms with Gasteiger partial charge in [-0.2, -0.15) is 0 Å². The van der Waals surface area contributed by atoms with Crippen LogP contribution in [0.1, 0.15) is 43.6 Å². The molecule has 0 bridgehead atoms. The predicted molar refractivity (Wildman–Crippen MR) is 69.1 cm³/mol. The summed E-state index contributed by atoms with van der Waals surface area (Å²) >= 11 is 0. The third-order valence-electron chi connectivity index (χ3n) is 4.44. The lowest BCUT2D eigenvalue weighted by molar-refractivity contribution is -0.138. The topological polar surface area (TPSA) is 30.5 Å². The predicted octanol–water partition coefficient (Wildman–Crippen LogP) is 2.81. The number of hydrogen-bond donors (Lipinski definition) is 1. The van der Waals surface area contributed by atoms with E-state index in [2.05, 4.69) is 23.5 Å². The fourth-order valence-corrected chi connectivity index (χ4v) is 3.17. The van der Waals surface area contributed by atoms with Gasteiger partial charge in [-0.05, 0) is 49.4 Å². The number of nitrogens with one attached hydrogen (secondary N) is 1. The number of piperidine rings is 1. The zero-order valence-corrected chi connectivity index (χ0v) is 10.6. The molecule has 3 heteroatoms. The maximum absolute atomic E-state index is 6.02. The molecule has 2 aliphatic heterocycles. The van der Waals surface area contributed by atoms with Gasteiger partial charge >= 0.3 is 0 Å². The molecular weight excluding hydrogens is 226 g/mol. The first-order valence-electron chi connectivity index (χ1n) is 7.07. The lowest BCUT2D eigenvalue weighted by Gasteiger charge is -2.35. The van der Waals surface area contributed by atoms with Gasteiger partial charge in [0, 0.05) is 19.4 Å². The maximum Gasteiger partial charge on any atom is 0.251 e. The van der Waals surface area contributed by atoms with Gasteiger partial charge in [-0.3, -0.25) is 0 Å². The average molecular weight is 245 g/mol. The van der Waals surface area contributed by atoms with Crippen LogP contribution in [0.25, 0.3) is 0 Å². The highest BCUT2D eigenvalue weighted by Gasteiger charge is 2.47. The first kappa shape index (κ1) is 10.7. The molecule has 3 aliphatic rings. The zero-order valence-electron chi connectivity index (χ0n) is 10.6. The molecule has 1 aromatic carbocycles. The van der Waals surface area contributed by atoms with Crippen molar-refractivity contribution in [3.63, 3.8) is 0 Å². The number of hydrogen-bond acceptors (Lipinski definition) is 3. The molecule has 1 aliphatic carbocycles. The minimum absolute atomic E-state index is 0.300. The Morgan fingerprint density at radius 1 is 1.11 bits per heavy atom. The minimum atomic E-state index is -0.300. The van der Waals surface area contributed by atoms with E-state index in [4.69, 9.17) is 9.47 Å². The molecule has 1 saturated carbocycles. The normalized spacial score (nSPS) is 28.1. The quantitative estimate of drug-likeness (QED) is 0.825. The summed E-state index contributed by atoms with van der Waals surface area (Å²) in [4.78, 5) is 0. The SMILES string of the molecule is c1cc2c(cc1C1CCCNC1)OC1(CCC1)O2. The van der Waals surface area contributed by atoms with Gasteiger partial charge in [0.05, 0.1) is 0 Å². The van der Waals surface area contributed by atoms with Crippen molar-refractivity contribution in [3.05, 3.63) is 23.8 Å². The first-order valence-corrected chi connectivity index (χ1v) is 7.07. The summed E-state index contributed by atoms with van der Waals surface area (Å²) in [5, 5.41) is 3.47. The van der Waals surface area contributed by atoms with Crippen LogP contribution in [-0.4, -0.2) is 18.9 Å². The molecule has 0 aromatic heterocycles. The molecule has 0 amide bonds. The molecule has 1 atom stereocenters. The molecule has 3 nitrogen and oxygen atoms in total. The van der Waals surface area contributed by atoms with Crippen LogP contribution >= 0.6 is 0 Å². The van der Waals surface area contributed by atoms with E-state index in [1.165, 1.54) is 24.8 Å². The molecule has 1 unspecified atom stereocenters. The van der Waals surface area contributed by atoms with Crippen LogP contribution in [0.4, 0.5) is 0 Å². The van der Waals surface area contributed by atoms with Gasteiger partial charge < -0.3 is 14.8 Å². The lowest BCUT2D eigenvalue weighted by Crippen LogP contribution is -2.45. The van der Waals surface area contributed by atoms with Crippen molar-refractivity contribution in [2.45, 2.75) is 43.8 Å². The van der Waals surface area contributed by atoms with Crippen molar-refractivity contribution >= 4 is 0 Å². The fourth-order valence-electron chi connectivity index (χ4n) is 3.17. The van der Waals surface area contributed by atoms with Crippen LogP contribution in [0.3, 0.4) is 0 Å². The molecule has 18 heavy (non-hydrogen) atoms. The van der Waals surface area contributed by atoms with E-state index in [0.717, 1.165) is 37.4 Å². The van der Waals surface area contributed by atoms with E-state index in [1.807, 2.05) is 0 Å². The molecule has 1 aromatic rings. The molecule has 2 heterocycles. The van der Waals surface area contributed by atoms with Gasteiger partial charge in [-0.25, -0.2) is 0 Å². The number of ether oxygens (including phenoxy) is 2. The van der Waals surface area contributed by atoms with Gasteiger partial charge in [0.15, 0.2) is 11.5 Å². The summed E-state index contributed by atoms with van der Waals surface area (Å²) in [5.41, 5.74) is 1.39. The molecule has 1 saturated heterocycles. The van der Waals surface area contributed by atoms with E-state index in [-0.39, 0.29) is 5.79 Å². The summed E-state index contributed by atoms with van der Waals surface area (Å²) in [6.07, 6.45) is 5.82. The summed E-state index contributed by atoms with van der Waals surface area (Å²) in [7, 11) is 0. The number of fused-ring (bicyclic) bond motifs is 1. The Kier molecular flexibility index (Phi) is 2.31. The second kappa shape index (κ2) is 3.89. The third-order valence-corrected chi connectivity index (χ3v) is 4.44. The molecule has 96 valence electrons. The van der Waals surface area contributed by atoms with Crippen molar-refractivity contribution in [2.24, 2.45) is 0 Å². The fraction of sp³-hybridized carbons (Fsp3) is 0.600. The van der Waals surface area contributed by atoms with E-state index in [9.17, 15) is 0 Å². The highest BCUT2D eigenvalue weighted by Crippen LogP contribution is 2.48. The molecule has 2 fully saturated rings. The zero-order chi connectivity index (χ0) is 12.0. The van der Waals surface area contributed by atoms with Crippen molar-refractivity contribution in [1.29, 1.82) is 0 Å². The van der Waals surface area contributed by atoms with E-state index in [1.54, 1.807) is 0 Å². The van der Waals surface area contributed by atoms with Crippen molar-refractivity contribution in [2.75, 3.05) is 13.1 Å². The summed E-state index contributed by atoms with van der Waals surface area (Å²) in [6, 6.07) is 6.49. The standard InChI is InChI=1S/C15H19NO2/c1-3-12(10-16-8-1)11-4-5-13-14(9-11)18-15(17-13)6-2-7-15/h4-5,9,12,16H,1-3,6-8,10H2. The lowest BCUT2D eigenvalue weighted by atomic mass is 9.91. The Balaban J connectivity index is 1.59. The highest BCUT2D eigenvalue weighted by atomic mass is 16.7. The molecule has 4 rings (SSSR count). The van der Waals surface area contributed by atoms with Gasteiger partial charge in [0.25, 0.3) is 5.79 Å². The third kappa shape index (κ3) is 1.61. The molecular formula is C15H19NO2. The van der Waals surface area contributed by atoms with E-state index < -0.39 is 0 Å². The van der Waals surface area contributed by atoms with Crippen molar-refractivity contribution in [1.82, 2.24) is 5.32 Å². The van der Waals surface area contributed by atoms with Crippen molar-refractivity contribution in [3.8, 4) is 11.5 Å². The Morgan fingerprint density at radius 2 is 2.00 bits per heavy atom. The second-order valence-electron chi connectivity index (χ2n) is 5.72. The van der Waals surface area contributed by atoms with Crippen LogP contribution in [0.2, 0.25) is 0 Å². The summed E-state index contributed by atoms with van der Waals surface area (Å²) in [5.74, 6) is 2.22. The molecule has 1 N–H and O–H groups in total. The van der Waals surface area contributed by atoms with Gasteiger partial charge in [-0.15, -0.1) is 0 Å². The van der Waals surface area contributed by atoms with E-state index >= 15 is 0 Å². The van der Waals surface area contributed by atoms with Crippen LogP contribution in [0.15, 0.2) is 18.2 Å². The van der Waals surface area contributed by atoms with Crippen LogP contribution in [0.5, 0.6) is 11.5 Å². The van der Waals surface area contributed by atoms with Gasteiger partial charge in [-0.1, -0.05) is 6.07 Å². The Labute approximate surface area is 107 Å². The van der Waals surface area contributed by atoms with Crippen LogP contribution in [-0.2, 0) is 0 Å². The van der Waals surface area contributed by atoms with Crippen molar-refractivity contribution < 1.29 is 9.47 Å². The van der Waals surface area contributed by atoms with Crippen LogP contribution < -0.4 is 14.8 Å². The Hall–Kier alpha value is -1.22. The number of benzene rings is 1. The second-order valence-corrected chi connectivity index (χ2v) is 5.72. The Bertz CT molecular complexity index is 462. The largest absolute Gasteiger partial charge is 0.448 e. The van der Waals surface area contributed by atoms with E-state index in [0.29, 0.717) is 5.92 Å². The maximum atomic E-state index is 6.02. The molecule has 1 spiro atoms. The monoisotopic (exact) mass is 245 g/mol. The summed E-state index contributed by atoms with van der Waals surface area (Å²) in [6.45, 7) is 2.24. The average Bonchev–Trinajstić information content (AvgIpc) is 2.78. The van der Waals surface area contributed by atoms with Crippen LogP contribution in [0, 0.1) is 0 Å². The Morgan fingerprint density at radius 3 is 2.72 bits per heavy atom. The first-order chi connectivity index (χ1) is 8.85. The molecule has 0 radical (unpaired) electrons. The smallest absolute Gasteiger partial charge is 0.251 e. The minimum Gasteiger partial charge on any atom is -0.448 e. The summed E-state index contributed by atoms with van der Waals surface area (Å²) < 4.78 is 12.0. The van der Waals surface area contributed by atoms with Gasteiger partial charge in [0.2, 0.25) is 0 Å².